The molecule has 1 saturated heterocycles. The summed E-state index contributed by atoms with van der Waals surface area (Å²) in [5.74, 6) is 0. The van der Waals surface area contributed by atoms with Crippen LogP contribution in [0.1, 0.15) is 33.6 Å². The molecule has 0 atom stereocenters. The predicted octanol–water partition coefficient (Wildman–Crippen LogP) is 2.39. The third-order valence-corrected chi connectivity index (χ3v) is 2.47. The molecule has 1 aliphatic rings. The molecule has 10 heavy (non-hydrogen) atoms. The minimum absolute atomic E-state index is 0.396. The minimum atomic E-state index is 0.396. The Bertz CT molecular complexity index is 147. The Morgan fingerprint density at radius 3 is 2.30 bits per heavy atom. The summed E-state index contributed by atoms with van der Waals surface area (Å²) in [4.78, 5) is 2.40. The predicted molar refractivity (Wildman–Crippen MR) is 44.8 cm³/mol. The molecular formula is C9H17N. The number of allylic oxidation sites excluding steroid dienone is 1. The zero-order valence-corrected chi connectivity index (χ0v) is 7.28. The topological polar surface area (TPSA) is 3.24 Å². The monoisotopic (exact) mass is 139 g/mol. The van der Waals surface area contributed by atoms with Crippen LogP contribution in [0, 0.1) is 0 Å². The summed E-state index contributed by atoms with van der Waals surface area (Å²) < 4.78 is 0. The molecule has 58 valence electrons. The van der Waals surface area contributed by atoms with Gasteiger partial charge in [0.1, 0.15) is 0 Å². The lowest BCUT2D eigenvalue weighted by atomic mass is 9.88. The summed E-state index contributed by atoms with van der Waals surface area (Å²) in [7, 11) is 0. The van der Waals surface area contributed by atoms with Gasteiger partial charge in [-0.1, -0.05) is 13.5 Å². The second kappa shape index (κ2) is 2.30. The Balaban J connectivity index is 2.51. The van der Waals surface area contributed by atoms with E-state index in [1.54, 1.807) is 0 Å². The molecule has 0 aromatic carbocycles. The van der Waals surface area contributed by atoms with E-state index in [-0.39, 0.29) is 0 Å². The number of nitrogens with zero attached hydrogens (tertiary/aromatic N) is 1. The average Bonchev–Trinajstić information content (AvgIpc) is 1.86. The maximum absolute atomic E-state index is 4.02. The van der Waals surface area contributed by atoms with Crippen LogP contribution >= 0.6 is 0 Å². The van der Waals surface area contributed by atoms with E-state index in [0.29, 0.717) is 5.54 Å². The first-order chi connectivity index (χ1) is 4.58. The van der Waals surface area contributed by atoms with E-state index in [2.05, 4.69) is 32.3 Å². The zero-order valence-electron chi connectivity index (χ0n) is 7.28. The highest BCUT2D eigenvalue weighted by molar-refractivity contribution is 5.06. The maximum Gasteiger partial charge on any atom is 0.0359 e. The summed E-state index contributed by atoms with van der Waals surface area (Å²) >= 11 is 0. The highest BCUT2D eigenvalue weighted by Crippen LogP contribution is 2.33. The quantitative estimate of drug-likeness (QED) is 0.568. The molecule has 0 aromatic rings. The Kier molecular flexibility index (Phi) is 1.76. The van der Waals surface area contributed by atoms with Crippen LogP contribution in [-0.4, -0.2) is 17.0 Å². The molecule has 1 heteroatoms. The molecule has 1 aliphatic heterocycles. The second-order valence-corrected chi connectivity index (χ2v) is 3.63. The third kappa shape index (κ3) is 1.05. The first kappa shape index (κ1) is 7.64. The fourth-order valence-corrected chi connectivity index (χ4v) is 1.45. The summed E-state index contributed by atoms with van der Waals surface area (Å²) in [6, 6.07) is 0. The Morgan fingerprint density at radius 2 is 2.20 bits per heavy atom. The molecule has 0 saturated carbocycles. The van der Waals surface area contributed by atoms with Gasteiger partial charge in [0.25, 0.3) is 0 Å². The number of hydrogen-bond acceptors (Lipinski definition) is 1. The second-order valence-electron chi connectivity index (χ2n) is 3.63. The van der Waals surface area contributed by atoms with Crippen LogP contribution < -0.4 is 0 Å². The summed E-state index contributed by atoms with van der Waals surface area (Å²) in [5.41, 5.74) is 1.68. The van der Waals surface area contributed by atoms with E-state index >= 15 is 0 Å². The van der Waals surface area contributed by atoms with E-state index in [9.17, 15) is 0 Å². The van der Waals surface area contributed by atoms with Gasteiger partial charge in [-0.15, -0.1) is 0 Å². The molecule has 1 rings (SSSR count). The van der Waals surface area contributed by atoms with E-state index in [4.69, 9.17) is 0 Å². The number of likely N-dealkylation sites (tertiary alicyclic amines) is 1. The maximum atomic E-state index is 4.02. The summed E-state index contributed by atoms with van der Waals surface area (Å²) in [6.45, 7) is 11.9. The molecule has 0 aliphatic carbocycles. The van der Waals surface area contributed by atoms with Crippen molar-refractivity contribution in [3.05, 3.63) is 12.3 Å². The summed E-state index contributed by atoms with van der Waals surface area (Å²) in [6.07, 6.45) is 2.40. The van der Waals surface area contributed by atoms with Gasteiger partial charge in [-0.05, 0) is 26.7 Å². The van der Waals surface area contributed by atoms with Crippen LogP contribution in [0.15, 0.2) is 12.3 Å². The number of hydrogen-bond donors (Lipinski definition) is 0. The van der Waals surface area contributed by atoms with E-state index in [0.717, 1.165) is 6.42 Å². The molecule has 0 amide bonds. The van der Waals surface area contributed by atoms with Crippen molar-refractivity contribution in [2.45, 2.75) is 39.2 Å². The number of rotatable bonds is 2. The van der Waals surface area contributed by atoms with Gasteiger partial charge in [0.2, 0.25) is 0 Å². The normalized spacial score (nSPS) is 22.1. The molecule has 0 unspecified atom stereocenters. The average molecular weight is 139 g/mol. The molecule has 1 fully saturated rings. The fourth-order valence-electron chi connectivity index (χ4n) is 1.45. The molecule has 1 heterocycles. The van der Waals surface area contributed by atoms with Crippen LogP contribution in [-0.2, 0) is 0 Å². The molecule has 0 bridgehead atoms. The molecule has 1 nitrogen and oxygen atoms in total. The van der Waals surface area contributed by atoms with Crippen molar-refractivity contribution >= 4 is 0 Å². The first-order valence-electron chi connectivity index (χ1n) is 4.03. The van der Waals surface area contributed by atoms with Crippen molar-refractivity contribution in [2.75, 3.05) is 6.54 Å². The molecule has 0 spiro atoms. The van der Waals surface area contributed by atoms with Gasteiger partial charge in [-0.2, -0.15) is 0 Å². The first-order valence-corrected chi connectivity index (χ1v) is 4.03. The largest absolute Gasteiger partial charge is 0.370 e. The van der Waals surface area contributed by atoms with Crippen LogP contribution in [0.4, 0.5) is 0 Å². The molecule has 0 N–H and O–H groups in total. The van der Waals surface area contributed by atoms with Crippen LogP contribution in [0.5, 0.6) is 0 Å². The van der Waals surface area contributed by atoms with Gasteiger partial charge >= 0.3 is 0 Å². The van der Waals surface area contributed by atoms with Crippen molar-refractivity contribution < 1.29 is 0 Å². The van der Waals surface area contributed by atoms with Crippen LogP contribution in [0.25, 0.3) is 0 Å². The van der Waals surface area contributed by atoms with Crippen LogP contribution in [0.2, 0.25) is 0 Å². The highest BCUT2D eigenvalue weighted by Gasteiger charge is 2.35. The van der Waals surface area contributed by atoms with Crippen molar-refractivity contribution in [3.8, 4) is 0 Å². The molecule has 0 aromatic heterocycles. The Hall–Kier alpha value is -0.460. The van der Waals surface area contributed by atoms with Gasteiger partial charge in [-0.25, -0.2) is 0 Å². The van der Waals surface area contributed by atoms with Crippen molar-refractivity contribution in [1.29, 1.82) is 0 Å². The summed E-state index contributed by atoms with van der Waals surface area (Å²) in [5, 5.41) is 0. The van der Waals surface area contributed by atoms with E-state index in [1.165, 1.54) is 18.7 Å². The highest BCUT2D eigenvalue weighted by atomic mass is 15.3. The molecular weight excluding hydrogens is 122 g/mol. The lowest BCUT2D eigenvalue weighted by molar-refractivity contribution is 0.0512. The Morgan fingerprint density at radius 1 is 1.60 bits per heavy atom. The Labute approximate surface area is 63.7 Å². The minimum Gasteiger partial charge on any atom is -0.370 e. The van der Waals surface area contributed by atoms with Gasteiger partial charge in [-0.3, -0.25) is 0 Å². The van der Waals surface area contributed by atoms with Crippen molar-refractivity contribution in [2.24, 2.45) is 0 Å². The standard InChI is InChI=1S/C9H17N/c1-5-8(2)10-7-6-9(10,3)4/h2,5-7H2,1,3-4H3. The fraction of sp³-hybridized carbons (Fsp3) is 0.778. The smallest absolute Gasteiger partial charge is 0.0359 e. The van der Waals surface area contributed by atoms with E-state index in [1.807, 2.05) is 0 Å². The van der Waals surface area contributed by atoms with Crippen molar-refractivity contribution in [3.63, 3.8) is 0 Å². The van der Waals surface area contributed by atoms with Crippen molar-refractivity contribution in [1.82, 2.24) is 4.90 Å². The zero-order chi connectivity index (χ0) is 7.78. The third-order valence-electron chi connectivity index (χ3n) is 2.47. The van der Waals surface area contributed by atoms with Gasteiger partial charge in [0.15, 0.2) is 0 Å². The van der Waals surface area contributed by atoms with E-state index < -0.39 is 0 Å². The van der Waals surface area contributed by atoms with Gasteiger partial charge in [0, 0.05) is 17.8 Å². The molecule has 0 radical (unpaired) electrons. The van der Waals surface area contributed by atoms with Gasteiger partial charge < -0.3 is 4.90 Å². The van der Waals surface area contributed by atoms with Crippen LogP contribution in [0.3, 0.4) is 0 Å². The van der Waals surface area contributed by atoms with Gasteiger partial charge in [0.05, 0.1) is 0 Å². The SMILES string of the molecule is C=C(CC)N1CCC1(C)C. The lowest BCUT2D eigenvalue weighted by Gasteiger charge is -2.51. The lowest BCUT2D eigenvalue weighted by Crippen LogP contribution is -2.54.